The van der Waals surface area contributed by atoms with Crippen molar-refractivity contribution in [3.8, 4) is 0 Å². The number of hydrogen-bond donors (Lipinski definition) is 1. The minimum atomic E-state index is -4.28. The van der Waals surface area contributed by atoms with Gasteiger partial charge in [0.25, 0.3) is 0 Å². The SMILES string of the molecule is CC1CCNCC1OCOCC(F)(F)F. The standard InChI is InChI=1S/C9H16F3NO2/c1-7-2-3-13-4-8(7)15-6-14-5-9(10,11)12/h7-8,13H,2-6H2,1H3. The van der Waals surface area contributed by atoms with Gasteiger partial charge in [-0.25, -0.2) is 0 Å². The maximum atomic E-state index is 11.7. The second-order valence-corrected chi connectivity index (χ2v) is 3.76. The maximum absolute atomic E-state index is 11.7. The number of halogens is 3. The van der Waals surface area contributed by atoms with E-state index in [1.807, 2.05) is 6.92 Å². The second kappa shape index (κ2) is 5.67. The largest absolute Gasteiger partial charge is 0.411 e. The molecule has 0 amide bonds. The van der Waals surface area contributed by atoms with Crippen molar-refractivity contribution >= 4 is 0 Å². The lowest BCUT2D eigenvalue weighted by Gasteiger charge is -2.29. The van der Waals surface area contributed by atoms with Crippen molar-refractivity contribution < 1.29 is 22.6 Å². The van der Waals surface area contributed by atoms with Crippen molar-refractivity contribution in [2.24, 2.45) is 5.92 Å². The first-order valence-corrected chi connectivity index (χ1v) is 4.96. The maximum Gasteiger partial charge on any atom is 0.411 e. The van der Waals surface area contributed by atoms with E-state index in [0.717, 1.165) is 13.0 Å². The van der Waals surface area contributed by atoms with Crippen molar-refractivity contribution in [3.63, 3.8) is 0 Å². The van der Waals surface area contributed by atoms with Crippen LogP contribution >= 0.6 is 0 Å². The molecule has 0 aliphatic carbocycles. The van der Waals surface area contributed by atoms with Crippen LogP contribution in [0.4, 0.5) is 13.2 Å². The molecule has 1 rings (SSSR count). The Kier molecular flexibility index (Phi) is 4.82. The number of rotatable bonds is 4. The topological polar surface area (TPSA) is 30.5 Å². The molecular formula is C9H16F3NO2. The zero-order chi connectivity index (χ0) is 11.3. The van der Waals surface area contributed by atoms with E-state index in [9.17, 15) is 13.2 Å². The molecule has 90 valence electrons. The van der Waals surface area contributed by atoms with Gasteiger partial charge >= 0.3 is 6.18 Å². The van der Waals surface area contributed by atoms with Crippen LogP contribution in [0.15, 0.2) is 0 Å². The van der Waals surface area contributed by atoms with E-state index in [4.69, 9.17) is 4.74 Å². The van der Waals surface area contributed by atoms with Gasteiger partial charge < -0.3 is 14.8 Å². The van der Waals surface area contributed by atoms with E-state index in [0.29, 0.717) is 12.5 Å². The number of hydrogen-bond acceptors (Lipinski definition) is 3. The number of piperidine rings is 1. The van der Waals surface area contributed by atoms with Crippen LogP contribution < -0.4 is 5.32 Å². The Morgan fingerprint density at radius 1 is 1.40 bits per heavy atom. The fraction of sp³-hybridized carbons (Fsp3) is 1.00. The number of nitrogens with one attached hydrogen (secondary N) is 1. The van der Waals surface area contributed by atoms with Gasteiger partial charge in [0.15, 0.2) is 0 Å². The second-order valence-electron chi connectivity index (χ2n) is 3.76. The summed E-state index contributed by atoms with van der Waals surface area (Å²) in [6.45, 7) is 2.09. The first-order valence-electron chi connectivity index (χ1n) is 4.96. The summed E-state index contributed by atoms with van der Waals surface area (Å²) in [4.78, 5) is 0. The Labute approximate surface area is 86.9 Å². The predicted octanol–water partition coefficient (Wildman–Crippen LogP) is 1.54. The molecule has 6 heteroatoms. The van der Waals surface area contributed by atoms with E-state index < -0.39 is 12.8 Å². The molecule has 1 aliphatic rings. The van der Waals surface area contributed by atoms with Gasteiger partial charge in [-0.1, -0.05) is 6.92 Å². The van der Waals surface area contributed by atoms with Gasteiger partial charge in [-0.15, -0.1) is 0 Å². The van der Waals surface area contributed by atoms with Crippen LogP contribution in [0.3, 0.4) is 0 Å². The molecule has 1 fully saturated rings. The highest BCUT2D eigenvalue weighted by Crippen LogP contribution is 2.16. The molecule has 0 aromatic carbocycles. The molecule has 1 N–H and O–H groups in total. The van der Waals surface area contributed by atoms with Crippen molar-refractivity contribution in [2.75, 3.05) is 26.5 Å². The summed E-state index contributed by atoms with van der Waals surface area (Å²) in [7, 11) is 0. The highest BCUT2D eigenvalue weighted by atomic mass is 19.4. The summed E-state index contributed by atoms with van der Waals surface area (Å²) in [6.07, 6.45) is -3.35. The van der Waals surface area contributed by atoms with Crippen LogP contribution in [-0.2, 0) is 9.47 Å². The molecule has 15 heavy (non-hydrogen) atoms. The Balaban J connectivity index is 2.08. The quantitative estimate of drug-likeness (QED) is 0.583. The molecule has 0 bridgehead atoms. The normalized spacial score (nSPS) is 28.0. The van der Waals surface area contributed by atoms with E-state index >= 15 is 0 Å². The molecular weight excluding hydrogens is 211 g/mol. The average Bonchev–Trinajstić information content (AvgIpc) is 2.13. The first-order chi connectivity index (χ1) is 6.99. The van der Waals surface area contributed by atoms with E-state index in [-0.39, 0.29) is 12.9 Å². The zero-order valence-electron chi connectivity index (χ0n) is 8.64. The van der Waals surface area contributed by atoms with Crippen molar-refractivity contribution in [2.45, 2.75) is 25.6 Å². The molecule has 1 aliphatic heterocycles. The lowest BCUT2D eigenvalue weighted by molar-refractivity contribution is -0.206. The van der Waals surface area contributed by atoms with Crippen molar-refractivity contribution in [1.82, 2.24) is 5.32 Å². The van der Waals surface area contributed by atoms with Crippen LogP contribution in [0, 0.1) is 5.92 Å². The third-order valence-corrected chi connectivity index (χ3v) is 2.39. The van der Waals surface area contributed by atoms with Crippen LogP contribution in [0.25, 0.3) is 0 Å². The monoisotopic (exact) mass is 227 g/mol. The Hall–Kier alpha value is -0.330. The average molecular weight is 227 g/mol. The van der Waals surface area contributed by atoms with Gasteiger partial charge in [0.2, 0.25) is 0 Å². The highest BCUT2D eigenvalue weighted by molar-refractivity contribution is 4.74. The summed E-state index contributed by atoms with van der Waals surface area (Å²) < 4.78 is 44.7. The number of ether oxygens (including phenoxy) is 2. The molecule has 2 unspecified atom stereocenters. The van der Waals surface area contributed by atoms with Gasteiger partial charge in [-0.2, -0.15) is 13.2 Å². The summed E-state index contributed by atoms with van der Waals surface area (Å²) in [5.74, 6) is 0.362. The van der Waals surface area contributed by atoms with Crippen LogP contribution in [-0.4, -0.2) is 38.8 Å². The van der Waals surface area contributed by atoms with Crippen LogP contribution in [0.1, 0.15) is 13.3 Å². The number of alkyl halides is 3. The fourth-order valence-corrected chi connectivity index (χ4v) is 1.48. The fourth-order valence-electron chi connectivity index (χ4n) is 1.48. The van der Waals surface area contributed by atoms with Gasteiger partial charge in [0, 0.05) is 6.54 Å². The zero-order valence-corrected chi connectivity index (χ0v) is 8.64. The Morgan fingerprint density at radius 3 is 2.73 bits per heavy atom. The highest BCUT2D eigenvalue weighted by Gasteiger charge is 2.28. The predicted molar refractivity (Wildman–Crippen MR) is 48.4 cm³/mol. The smallest absolute Gasteiger partial charge is 0.351 e. The Morgan fingerprint density at radius 2 is 2.13 bits per heavy atom. The van der Waals surface area contributed by atoms with Crippen LogP contribution in [0.2, 0.25) is 0 Å². The van der Waals surface area contributed by atoms with Gasteiger partial charge in [-0.3, -0.25) is 0 Å². The van der Waals surface area contributed by atoms with Gasteiger partial charge in [0.05, 0.1) is 6.10 Å². The third-order valence-electron chi connectivity index (χ3n) is 2.39. The molecule has 1 saturated heterocycles. The minimum absolute atomic E-state index is 0.0491. The molecule has 0 aromatic heterocycles. The van der Waals surface area contributed by atoms with E-state index in [2.05, 4.69) is 10.1 Å². The first kappa shape index (κ1) is 12.7. The summed E-state index contributed by atoms with van der Waals surface area (Å²) >= 11 is 0. The van der Waals surface area contributed by atoms with Crippen molar-refractivity contribution in [3.05, 3.63) is 0 Å². The van der Waals surface area contributed by atoms with Crippen molar-refractivity contribution in [1.29, 1.82) is 0 Å². The van der Waals surface area contributed by atoms with Gasteiger partial charge in [0.1, 0.15) is 13.4 Å². The third kappa shape index (κ3) is 5.34. The molecule has 0 aromatic rings. The molecule has 0 radical (unpaired) electrons. The van der Waals surface area contributed by atoms with Gasteiger partial charge in [-0.05, 0) is 18.9 Å². The lowest BCUT2D eigenvalue weighted by Crippen LogP contribution is -2.41. The molecule has 0 saturated carbocycles. The van der Waals surface area contributed by atoms with E-state index in [1.54, 1.807) is 0 Å². The van der Waals surface area contributed by atoms with E-state index in [1.165, 1.54) is 0 Å². The molecule has 0 spiro atoms. The summed E-state index contributed by atoms with van der Waals surface area (Å²) in [5.41, 5.74) is 0. The summed E-state index contributed by atoms with van der Waals surface area (Å²) in [6, 6.07) is 0. The molecule has 1 heterocycles. The minimum Gasteiger partial charge on any atom is -0.351 e. The Bertz CT molecular complexity index is 187. The molecule has 2 atom stereocenters. The summed E-state index contributed by atoms with van der Waals surface area (Å²) in [5, 5.41) is 3.12. The lowest BCUT2D eigenvalue weighted by atomic mass is 9.97. The van der Waals surface area contributed by atoms with Crippen LogP contribution in [0.5, 0.6) is 0 Å². The molecule has 3 nitrogen and oxygen atoms in total.